The van der Waals surface area contributed by atoms with Crippen LogP contribution < -0.4 is 0 Å². The average Bonchev–Trinajstić information content (AvgIpc) is 2.87. The van der Waals surface area contributed by atoms with Crippen LogP contribution in [0.25, 0.3) is 0 Å². The minimum atomic E-state index is -2.29. The molecular formula is C30H49F5O4. The number of hydrogen-bond donors (Lipinski definition) is 0. The molecule has 0 amide bonds. The Morgan fingerprint density at radius 3 is 1.44 bits per heavy atom. The van der Waals surface area contributed by atoms with Gasteiger partial charge in [-0.2, -0.15) is 4.39 Å². The quantitative estimate of drug-likeness (QED) is 0.0345. The third kappa shape index (κ3) is 24.6. The van der Waals surface area contributed by atoms with Gasteiger partial charge < -0.3 is 9.47 Å². The summed E-state index contributed by atoms with van der Waals surface area (Å²) in [4.78, 5) is 21.3. The van der Waals surface area contributed by atoms with Crippen LogP contribution in [0.1, 0.15) is 130 Å². The lowest BCUT2D eigenvalue weighted by atomic mass is 10.0. The predicted molar refractivity (Wildman–Crippen MR) is 146 cm³/mol. The van der Waals surface area contributed by atoms with Crippen molar-refractivity contribution in [1.82, 2.24) is 0 Å². The largest absolute Gasteiger partial charge is 0.462 e. The third-order valence-electron chi connectivity index (χ3n) is 5.61. The molecule has 0 rings (SSSR count). The first-order valence-corrected chi connectivity index (χ1v) is 14.1. The van der Waals surface area contributed by atoms with Crippen LogP contribution >= 0.6 is 0 Å². The van der Waals surface area contributed by atoms with Crippen LogP contribution in [0.4, 0.5) is 22.0 Å². The number of carbonyl (C=O) groups is 2. The van der Waals surface area contributed by atoms with Gasteiger partial charge in [-0.1, -0.05) is 103 Å². The van der Waals surface area contributed by atoms with Crippen molar-refractivity contribution in [3.8, 4) is 0 Å². The molecule has 0 aliphatic heterocycles. The zero-order valence-corrected chi connectivity index (χ0v) is 24.3. The van der Waals surface area contributed by atoms with Gasteiger partial charge in [0.05, 0.1) is 0 Å². The maximum Gasteiger partial charge on any atom is 0.311 e. The molecule has 0 heterocycles. The van der Waals surface area contributed by atoms with Gasteiger partial charge in [0.15, 0.2) is 24.1 Å². The summed E-state index contributed by atoms with van der Waals surface area (Å²) in [5, 5.41) is 0. The highest BCUT2D eigenvalue weighted by Gasteiger charge is 2.22. The Bertz CT molecular complexity index is 742. The van der Waals surface area contributed by atoms with Crippen molar-refractivity contribution in [2.24, 2.45) is 0 Å². The molecule has 0 N–H and O–H groups in total. The average molecular weight is 569 g/mol. The first-order chi connectivity index (χ1) is 18.4. The molecule has 0 aromatic rings. The fourth-order valence-electron chi connectivity index (χ4n) is 3.44. The molecule has 0 unspecified atom stereocenters. The van der Waals surface area contributed by atoms with E-state index in [1.54, 1.807) is 0 Å². The van der Waals surface area contributed by atoms with Crippen LogP contribution in [0.3, 0.4) is 0 Å². The Hall–Kier alpha value is -2.19. The molecule has 228 valence electrons. The van der Waals surface area contributed by atoms with E-state index in [1.165, 1.54) is 64.2 Å². The second-order valence-corrected chi connectivity index (χ2v) is 10.4. The van der Waals surface area contributed by atoms with E-state index >= 15 is 0 Å². The normalized spacial score (nSPS) is 12.5. The highest BCUT2D eigenvalue weighted by molar-refractivity contribution is 5.70. The zero-order chi connectivity index (χ0) is 30.1. The van der Waals surface area contributed by atoms with Gasteiger partial charge >= 0.3 is 5.97 Å². The van der Waals surface area contributed by atoms with Crippen LogP contribution in [0.5, 0.6) is 0 Å². The Kier molecular flexibility index (Phi) is 24.8. The van der Waals surface area contributed by atoms with Crippen LogP contribution in [-0.2, 0) is 19.1 Å². The van der Waals surface area contributed by atoms with E-state index in [9.17, 15) is 31.5 Å². The van der Waals surface area contributed by atoms with Crippen LogP contribution in [0.15, 0.2) is 35.6 Å². The monoisotopic (exact) mass is 568 g/mol. The molecule has 0 aromatic heterocycles. The van der Waals surface area contributed by atoms with Crippen molar-refractivity contribution in [2.45, 2.75) is 136 Å². The van der Waals surface area contributed by atoms with Crippen molar-refractivity contribution in [2.75, 3.05) is 6.67 Å². The second kappa shape index (κ2) is 24.8. The smallest absolute Gasteiger partial charge is 0.311 e. The molecule has 0 aliphatic carbocycles. The summed E-state index contributed by atoms with van der Waals surface area (Å²) in [7, 11) is 0. The summed E-state index contributed by atoms with van der Waals surface area (Å²) in [5.41, 5.74) is -0.318. The number of halogens is 5. The van der Waals surface area contributed by atoms with E-state index in [0.29, 0.717) is 12.9 Å². The molecule has 0 spiro atoms. The summed E-state index contributed by atoms with van der Waals surface area (Å²) >= 11 is 0. The topological polar surface area (TPSA) is 52.6 Å². The van der Waals surface area contributed by atoms with Crippen LogP contribution in [0, 0.1) is 0 Å². The SMILES string of the molecule is C=C(F)/C(F)=C(F)\C(F)=C(/CF)OC(=O)CCCCCCCCCCCCCCCCC.CC(C)(C)OC=O. The molecule has 0 atom stereocenters. The minimum Gasteiger partial charge on any atom is -0.462 e. The van der Waals surface area contributed by atoms with Gasteiger partial charge in [0.25, 0.3) is 6.47 Å². The highest BCUT2D eigenvalue weighted by atomic mass is 19.2. The lowest BCUT2D eigenvalue weighted by Gasteiger charge is -2.14. The number of esters is 1. The molecule has 0 aliphatic rings. The van der Waals surface area contributed by atoms with E-state index in [2.05, 4.69) is 23.0 Å². The number of allylic oxidation sites excluding steroid dienone is 5. The maximum atomic E-state index is 13.6. The summed E-state index contributed by atoms with van der Waals surface area (Å²) in [6, 6.07) is 0. The molecule has 0 radical (unpaired) electrons. The Balaban J connectivity index is 0. The van der Waals surface area contributed by atoms with E-state index in [0.717, 1.165) is 25.7 Å². The standard InChI is InChI=1S/C25H39F5O2.C5H10O2/c1-3-4-5-6-7-8-9-10-11-12-13-14-15-16-17-18-22(31)32-21(19-26)24(29)25(30)23(28)20(2)27;1-5(2,3)7-4-6/h2-19H2,1H3;4H,1-3H3/b24-21-,25-23-;. The van der Waals surface area contributed by atoms with Crippen molar-refractivity contribution in [3.05, 3.63) is 35.6 Å². The molecule has 4 nitrogen and oxygen atoms in total. The van der Waals surface area contributed by atoms with E-state index in [-0.39, 0.29) is 12.0 Å². The molecular weight excluding hydrogens is 519 g/mol. The van der Waals surface area contributed by atoms with Crippen molar-refractivity contribution < 1.29 is 41.0 Å². The Morgan fingerprint density at radius 2 is 1.13 bits per heavy atom. The van der Waals surface area contributed by atoms with Gasteiger partial charge in [-0.15, -0.1) is 0 Å². The number of carbonyl (C=O) groups excluding carboxylic acids is 2. The Labute approximate surface area is 232 Å². The van der Waals surface area contributed by atoms with Crippen LogP contribution in [-0.4, -0.2) is 24.7 Å². The third-order valence-corrected chi connectivity index (χ3v) is 5.61. The van der Waals surface area contributed by atoms with Gasteiger partial charge in [-0.05, 0) is 27.2 Å². The van der Waals surface area contributed by atoms with Gasteiger partial charge in [-0.25, -0.2) is 17.6 Å². The molecule has 0 fully saturated rings. The summed E-state index contributed by atoms with van der Waals surface area (Å²) in [5.74, 6) is -10.7. The molecule has 39 heavy (non-hydrogen) atoms. The van der Waals surface area contributed by atoms with Gasteiger partial charge in [0.1, 0.15) is 5.60 Å². The first-order valence-electron chi connectivity index (χ1n) is 14.1. The lowest BCUT2D eigenvalue weighted by molar-refractivity contribution is -0.140. The number of ether oxygens (including phenoxy) is 2. The van der Waals surface area contributed by atoms with Gasteiger partial charge in [0, 0.05) is 6.42 Å². The summed E-state index contributed by atoms with van der Waals surface area (Å²) in [6.45, 7) is 8.95. The van der Waals surface area contributed by atoms with Gasteiger partial charge in [0.2, 0.25) is 11.7 Å². The predicted octanol–water partition coefficient (Wildman–Crippen LogP) is 10.5. The van der Waals surface area contributed by atoms with Gasteiger partial charge in [-0.3, -0.25) is 9.59 Å². The molecule has 9 heteroatoms. The highest BCUT2D eigenvalue weighted by Crippen LogP contribution is 2.27. The summed E-state index contributed by atoms with van der Waals surface area (Å²) < 4.78 is 74.3. The second-order valence-electron chi connectivity index (χ2n) is 10.4. The molecule has 0 bridgehead atoms. The maximum absolute atomic E-state index is 13.6. The first kappa shape index (κ1) is 39.0. The van der Waals surface area contributed by atoms with Crippen molar-refractivity contribution in [3.63, 3.8) is 0 Å². The molecule has 0 saturated heterocycles. The van der Waals surface area contributed by atoms with Crippen LogP contribution in [0.2, 0.25) is 0 Å². The lowest BCUT2D eigenvalue weighted by Crippen LogP contribution is -2.17. The zero-order valence-electron chi connectivity index (χ0n) is 24.3. The van der Waals surface area contributed by atoms with Crippen molar-refractivity contribution >= 4 is 12.4 Å². The number of hydrogen-bond acceptors (Lipinski definition) is 4. The van der Waals surface area contributed by atoms with E-state index in [1.807, 2.05) is 20.8 Å². The fraction of sp³-hybridized carbons (Fsp3) is 0.733. The number of rotatable bonds is 21. The van der Waals surface area contributed by atoms with Crippen molar-refractivity contribution in [1.29, 1.82) is 0 Å². The Morgan fingerprint density at radius 1 is 0.718 bits per heavy atom. The number of alkyl halides is 1. The molecule has 0 aromatic carbocycles. The van der Waals surface area contributed by atoms with E-state index in [4.69, 9.17) is 0 Å². The van der Waals surface area contributed by atoms with E-state index < -0.39 is 41.7 Å². The number of unbranched alkanes of at least 4 members (excludes halogenated alkanes) is 14. The summed E-state index contributed by atoms with van der Waals surface area (Å²) in [6.07, 6.45) is 17.3. The minimum absolute atomic E-state index is 0.0985. The fourth-order valence-corrected chi connectivity index (χ4v) is 3.44. The molecule has 0 saturated carbocycles.